The SMILES string of the molecule is C1=c2c(n(-c3ccccc3)c3ccc(-c4ccc(Nc5ccccc5-c5ccccc5)cc4)cc23)=CCC1c1cccc(-c2ccccc2)c1. The highest BCUT2D eigenvalue weighted by atomic mass is 15.0. The van der Waals surface area contributed by atoms with E-state index in [0.717, 1.165) is 17.8 Å². The highest BCUT2D eigenvalue weighted by Crippen LogP contribution is 2.33. The van der Waals surface area contributed by atoms with Crippen molar-refractivity contribution in [1.29, 1.82) is 0 Å². The van der Waals surface area contributed by atoms with Crippen molar-refractivity contribution in [2.75, 3.05) is 5.32 Å². The molecule has 8 aromatic rings. The van der Waals surface area contributed by atoms with E-state index in [1.165, 1.54) is 66.1 Å². The fourth-order valence-corrected chi connectivity index (χ4v) is 7.43. The van der Waals surface area contributed by atoms with E-state index < -0.39 is 0 Å². The maximum Gasteiger partial charge on any atom is 0.0541 e. The standard InChI is InChI=1S/C48H36N2/c1-4-13-34(14-5-1)37-17-12-18-38(31-37)40-26-30-48-45(33-40)44-32-39(25-29-47(44)50(48)42-19-8-3-9-20-42)35-23-27-41(28-24-35)49-46-22-11-10-21-43(46)36-15-6-2-7-16-36/h1-25,27-33,40,49H,26H2. The first-order valence-corrected chi connectivity index (χ1v) is 17.4. The molecule has 0 bridgehead atoms. The second-order valence-electron chi connectivity index (χ2n) is 13.0. The van der Waals surface area contributed by atoms with Gasteiger partial charge in [-0.2, -0.15) is 0 Å². The van der Waals surface area contributed by atoms with E-state index in [2.05, 4.69) is 204 Å². The van der Waals surface area contributed by atoms with Crippen molar-refractivity contribution in [3.05, 3.63) is 198 Å². The highest BCUT2D eigenvalue weighted by Gasteiger charge is 2.18. The molecule has 1 aromatic heterocycles. The molecule has 1 aliphatic carbocycles. The number of hydrogen-bond donors (Lipinski definition) is 1. The maximum absolute atomic E-state index is 3.66. The first-order valence-electron chi connectivity index (χ1n) is 17.4. The van der Waals surface area contributed by atoms with Gasteiger partial charge in [-0.1, -0.05) is 152 Å². The second-order valence-corrected chi connectivity index (χ2v) is 13.0. The van der Waals surface area contributed by atoms with Gasteiger partial charge in [0.25, 0.3) is 0 Å². The molecule has 0 radical (unpaired) electrons. The van der Waals surface area contributed by atoms with Crippen LogP contribution in [0.5, 0.6) is 0 Å². The Labute approximate surface area is 292 Å². The molecule has 2 nitrogen and oxygen atoms in total. The lowest BCUT2D eigenvalue weighted by atomic mass is 9.89. The monoisotopic (exact) mass is 640 g/mol. The summed E-state index contributed by atoms with van der Waals surface area (Å²) in [5, 5.41) is 7.52. The van der Waals surface area contributed by atoms with Crippen molar-refractivity contribution in [3.8, 4) is 39.1 Å². The zero-order chi connectivity index (χ0) is 33.3. The Morgan fingerprint density at radius 2 is 1.12 bits per heavy atom. The van der Waals surface area contributed by atoms with Gasteiger partial charge in [0.05, 0.1) is 5.52 Å². The number of para-hydroxylation sites is 2. The molecule has 2 heteroatoms. The number of aromatic nitrogens is 1. The average molecular weight is 641 g/mol. The summed E-state index contributed by atoms with van der Waals surface area (Å²) < 4.78 is 2.43. The Morgan fingerprint density at radius 3 is 1.90 bits per heavy atom. The van der Waals surface area contributed by atoms with Crippen LogP contribution in [0.2, 0.25) is 0 Å². The lowest BCUT2D eigenvalue weighted by molar-refractivity contribution is 0.907. The van der Waals surface area contributed by atoms with Crippen LogP contribution in [0.1, 0.15) is 17.9 Å². The van der Waals surface area contributed by atoms with E-state index in [9.17, 15) is 0 Å². The van der Waals surface area contributed by atoms with Crippen LogP contribution in [0.4, 0.5) is 11.4 Å². The molecule has 0 fully saturated rings. The van der Waals surface area contributed by atoms with Crippen molar-refractivity contribution in [3.63, 3.8) is 0 Å². The number of nitrogens with one attached hydrogen (secondary N) is 1. The average Bonchev–Trinajstić information content (AvgIpc) is 3.52. The smallest absolute Gasteiger partial charge is 0.0541 e. The van der Waals surface area contributed by atoms with Crippen LogP contribution in [0.3, 0.4) is 0 Å². The molecule has 0 aliphatic heterocycles. The van der Waals surface area contributed by atoms with Gasteiger partial charge in [0.15, 0.2) is 0 Å². The minimum absolute atomic E-state index is 0.300. The van der Waals surface area contributed by atoms with Crippen molar-refractivity contribution in [1.82, 2.24) is 4.57 Å². The van der Waals surface area contributed by atoms with Gasteiger partial charge in [-0.15, -0.1) is 0 Å². The van der Waals surface area contributed by atoms with Crippen molar-refractivity contribution >= 4 is 34.4 Å². The van der Waals surface area contributed by atoms with Gasteiger partial charge in [-0.3, -0.25) is 0 Å². The molecular weight excluding hydrogens is 605 g/mol. The van der Waals surface area contributed by atoms with Crippen LogP contribution in [0.25, 0.3) is 62.1 Å². The molecule has 0 saturated heterocycles. The molecule has 1 aliphatic rings. The number of fused-ring (bicyclic) bond motifs is 3. The van der Waals surface area contributed by atoms with E-state index in [-0.39, 0.29) is 0 Å². The molecule has 50 heavy (non-hydrogen) atoms. The molecule has 0 saturated carbocycles. The summed E-state index contributed by atoms with van der Waals surface area (Å²) in [7, 11) is 0. The molecule has 1 atom stereocenters. The van der Waals surface area contributed by atoms with Crippen LogP contribution in [-0.4, -0.2) is 4.57 Å². The van der Waals surface area contributed by atoms with Crippen LogP contribution in [-0.2, 0) is 0 Å². The molecule has 1 heterocycles. The van der Waals surface area contributed by atoms with Gasteiger partial charge >= 0.3 is 0 Å². The lowest BCUT2D eigenvalue weighted by Gasteiger charge is -2.16. The fourth-order valence-electron chi connectivity index (χ4n) is 7.43. The quantitative estimate of drug-likeness (QED) is 0.183. The normalized spacial score (nSPS) is 13.6. The highest BCUT2D eigenvalue weighted by molar-refractivity contribution is 5.89. The van der Waals surface area contributed by atoms with Crippen LogP contribution >= 0.6 is 0 Å². The van der Waals surface area contributed by atoms with Gasteiger partial charge in [-0.05, 0) is 82.3 Å². The lowest BCUT2D eigenvalue weighted by Crippen LogP contribution is -2.31. The van der Waals surface area contributed by atoms with Crippen molar-refractivity contribution in [2.45, 2.75) is 12.3 Å². The van der Waals surface area contributed by atoms with Gasteiger partial charge in [-0.25, -0.2) is 0 Å². The van der Waals surface area contributed by atoms with Gasteiger partial charge in [0.1, 0.15) is 0 Å². The van der Waals surface area contributed by atoms with Crippen molar-refractivity contribution in [2.24, 2.45) is 0 Å². The summed E-state index contributed by atoms with van der Waals surface area (Å²) in [5.41, 5.74) is 13.2. The Hall–Kier alpha value is -6.38. The molecule has 238 valence electrons. The van der Waals surface area contributed by atoms with E-state index in [0.29, 0.717) is 5.92 Å². The molecule has 0 spiro atoms. The Balaban J connectivity index is 1.10. The number of nitrogens with zero attached hydrogens (tertiary/aromatic N) is 1. The molecule has 1 unspecified atom stereocenters. The molecule has 1 N–H and O–H groups in total. The number of hydrogen-bond acceptors (Lipinski definition) is 1. The summed E-state index contributed by atoms with van der Waals surface area (Å²) in [6.45, 7) is 0. The van der Waals surface area contributed by atoms with E-state index in [4.69, 9.17) is 0 Å². The summed E-state index contributed by atoms with van der Waals surface area (Å²) in [6, 6.07) is 65.3. The van der Waals surface area contributed by atoms with E-state index in [1.807, 2.05) is 0 Å². The van der Waals surface area contributed by atoms with E-state index >= 15 is 0 Å². The van der Waals surface area contributed by atoms with Gasteiger partial charge < -0.3 is 9.88 Å². The third-order valence-electron chi connectivity index (χ3n) is 9.92. The van der Waals surface area contributed by atoms with Crippen LogP contribution in [0, 0.1) is 0 Å². The Kier molecular flexibility index (Phi) is 7.68. The first kappa shape index (κ1) is 29.7. The van der Waals surface area contributed by atoms with Crippen LogP contribution in [0.15, 0.2) is 182 Å². The van der Waals surface area contributed by atoms with Crippen molar-refractivity contribution < 1.29 is 0 Å². The van der Waals surface area contributed by atoms with E-state index in [1.54, 1.807) is 0 Å². The maximum atomic E-state index is 3.66. The topological polar surface area (TPSA) is 17.0 Å². The predicted molar refractivity (Wildman–Crippen MR) is 211 cm³/mol. The zero-order valence-electron chi connectivity index (χ0n) is 27.7. The minimum Gasteiger partial charge on any atom is -0.355 e. The molecule has 7 aromatic carbocycles. The predicted octanol–water partition coefficient (Wildman–Crippen LogP) is 11.1. The Morgan fingerprint density at radius 1 is 0.500 bits per heavy atom. The summed E-state index contributed by atoms with van der Waals surface area (Å²) in [6.07, 6.45) is 5.90. The first-order chi connectivity index (χ1) is 24.8. The second kappa shape index (κ2) is 12.9. The van der Waals surface area contributed by atoms with Gasteiger partial charge in [0, 0.05) is 44.5 Å². The van der Waals surface area contributed by atoms with Gasteiger partial charge in [0.2, 0.25) is 0 Å². The summed E-state index contributed by atoms with van der Waals surface area (Å²) >= 11 is 0. The Bertz CT molecular complexity index is 2560. The number of rotatable bonds is 7. The fraction of sp³-hybridized carbons (Fsp3) is 0.0417. The largest absolute Gasteiger partial charge is 0.355 e. The molecule has 0 amide bonds. The third kappa shape index (κ3) is 5.61. The minimum atomic E-state index is 0.300. The summed E-state index contributed by atoms with van der Waals surface area (Å²) in [5.74, 6) is 0.300. The number of anilines is 2. The molecule has 9 rings (SSSR count). The number of benzene rings is 7. The third-order valence-corrected chi connectivity index (χ3v) is 9.92. The molecular formula is C48H36N2. The zero-order valence-corrected chi connectivity index (χ0v) is 27.7. The summed E-state index contributed by atoms with van der Waals surface area (Å²) in [4.78, 5) is 0. The van der Waals surface area contributed by atoms with Crippen LogP contribution < -0.4 is 15.9 Å².